The zero-order valence-corrected chi connectivity index (χ0v) is 32.4. The third-order valence-corrected chi connectivity index (χ3v) is 12.3. The molecule has 4 saturated carbocycles. The Hall–Kier alpha value is -1.14. The van der Waals surface area contributed by atoms with Crippen molar-refractivity contribution in [2.45, 2.75) is 194 Å². The van der Waals surface area contributed by atoms with E-state index in [0.717, 1.165) is 82.3 Å². The van der Waals surface area contributed by atoms with Crippen LogP contribution in [0.15, 0.2) is 0 Å². The topological polar surface area (TPSA) is 76.1 Å². The number of carbonyl (C=O) groups excluding carboxylic acids is 2. The van der Waals surface area contributed by atoms with Gasteiger partial charge in [-0.3, -0.25) is 9.59 Å². The smallest absolute Gasteiger partial charge is 0.306 e. The fourth-order valence-electron chi connectivity index (χ4n) is 10.0. The SMILES string of the molecule is CCCCCC(CCCCC)CCOC(=O)CCCCCCCN(CCO)CCCCCCCCOC(=O)CC12CC3CC(CC(C3)C1)C2. The Bertz CT molecular complexity index is 816. The molecule has 49 heavy (non-hydrogen) atoms. The Balaban J connectivity index is 1.09. The fraction of sp³-hybridized carbons (Fsp3) is 0.953. The van der Waals surface area contributed by atoms with Crippen LogP contribution in [0.1, 0.15) is 194 Å². The van der Waals surface area contributed by atoms with E-state index in [1.807, 2.05) is 0 Å². The molecule has 0 spiro atoms. The van der Waals surface area contributed by atoms with E-state index in [1.54, 1.807) is 0 Å². The van der Waals surface area contributed by atoms with Crippen LogP contribution in [0.3, 0.4) is 0 Å². The molecule has 4 rings (SSSR count). The molecule has 0 aliphatic heterocycles. The van der Waals surface area contributed by atoms with Crippen LogP contribution in [0.2, 0.25) is 0 Å². The van der Waals surface area contributed by atoms with Crippen LogP contribution < -0.4 is 0 Å². The lowest BCUT2D eigenvalue weighted by molar-refractivity contribution is -0.152. The largest absolute Gasteiger partial charge is 0.466 e. The first-order valence-electron chi connectivity index (χ1n) is 21.6. The summed E-state index contributed by atoms with van der Waals surface area (Å²) in [4.78, 5) is 27.3. The van der Waals surface area contributed by atoms with Gasteiger partial charge in [-0.1, -0.05) is 110 Å². The van der Waals surface area contributed by atoms with E-state index in [4.69, 9.17) is 9.47 Å². The number of nitrogens with zero attached hydrogens (tertiary/aromatic N) is 1. The quantitative estimate of drug-likeness (QED) is 0.0560. The summed E-state index contributed by atoms with van der Waals surface area (Å²) in [6.45, 7) is 8.81. The number of aliphatic hydroxyl groups excluding tert-OH is 1. The third kappa shape index (κ3) is 18.3. The van der Waals surface area contributed by atoms with Crippen molar-refractivity contribution >= 4 is 11.9 Å². The highest BCUT2D eigenvalue weighted by atomic mass is 16.5. The molecule has 4 aliphatic rings. The molecule has 0 aromatic heterocycles. The number of carbonyl (C=O) groups is 2. The molecule has 0 aromatic rings. The van der Waals surface area contributed by atoms with Crippen molar-refractivity contribution in [1.82, 2.24) is 4.90 Å². The summed E-state index contributed by atoms with van der Waals surface area (Å²) < 4.78 is 11.3. The minimum Gasteiger partial charge on any atom is -0.466 e. The maximum atomic E-state index is 12.6. The van der Waals surface area contributed by atoms with Gasteiger partial charge in [0, 0.05) is 13.0 Å². The number of ether oxygens (including phenoxy) is 2. The van der Waals surface area contributed by atoms with Gasteiger partial charge in [-0.05, 0) is 113 Å². The van der Waals surface area contributed by atoms with Gasteiger partial charge in [0.2, 0.25) is 0 Å². The molecule has 6 nitrogen and oxygen atoms in total. The minimum absolute atomic E-state index is 0.0131. The average molecular weight is 690 g/mol. The van der Waals surface area contributed by atoms with E-state index in [1.165, 1.54) is 122 Å². The second-order valence-electron chi connectivity index (χ2n) is 16.9. The van der Waals surface area contributed by atoms with Gasteiger partial charge in [0.05, 0.1) is 26.2 Å². The summed E-state index contributed by atoms with van der Waals surface area (Å²) in [5.74, 6) is 3.44. The highest BCUT2D eigenvalue weighted by Crippen LogP contribution is 2.61. The molecule has 1 N–H and O–H groups in total. The normalized spacial score (nSPS) is 22.8. The summed E-state index contributed by atoms with van der Waals surface area (Å²) >= 11 is 0. The van der Waals surface area contributed by atoms with Crippen molar-refractivity contribution in [3.05, 3.63) is 0 Å². The van der Waals surface area contributed by atoms with Crippen LogP contribution in [0.5, 0.6) is 0 Å². The maximum absolute atomic E-state index is 12.6. The second kappa shape index (κ2) is 25.8. The molecule has 4 aliphatic carbocycles. The Morgan fingerprint density at radius 3 is 1.67 bits per heavy atom. The van der Waals surface area contributed by atoms with Crippen LogP contribution in [-0.4, -0.2) is 61.4 Å². The second-order valence-corrected chi connectivity index (χ2v) is 16.9. The number of hydrogen-bond donors (Lipinski definition) is 1. The van der Waals surface area contributed by atoms with Crippen molar-refractivity contribution in [2.24, 2.45) is 29.1 Å². The molecule has 0 saturated heterocycles. The van der Waals surface area contributed by atoms with Gasteiger partial charge in [0.25, 0.3) is 0 Å². The molecular formula is C43H79NO5. The summed E-state index contributed by atoms with van der Waals surface area (Å²) in [5, 5.41) is 9.54. The predicted molar refractivity (Wildman–Crippen MR) is 202 cm³/mol. The number of rotatable bonds is 32. The first-order chi connectivity index (χ1) is 23.9. The Kier molecular flexibility index (Phi) is 22.2. The molecule has 4 bridgehead atoms. The first-order valence-corrected chi connectivity index (χ1v) is 21.6. The molecule has 0 atom stereocenters. The molecular weight excluding hydrogens is 610 g/mol. The lowest BCUT2D eigenvalue weighted by atomic mass is 9.49. The number of esters is 2. The van der Waals surface area contributed by atoms with Crippen LogP contribution in [0.4, 0.5) is 0 Å². The minimum atomic E-state index is -0.0131. The van der Waals surface area contributed by atoms with Gasteiger partial charge < -0.3 is 19.5 Å². The highest BCUT2D eigenvalue weighted by molar-refractivity contribution is 5.70. The van der Waals surface area contributed by atoms with Crippen molar-refractivity contribution in [1.29, 1.82) is 0 Å². The number of hydrogen-bond acceptors (Lipinski definition) is 6. The van der Waals surface area contributed by atoms with E-state index in [0.29, 0.717) is 32.0 Å². The van der Waals surface area contributed by atoms with E-state index in [2.05, 4.69) is 18.7 Å². The lowest BCUT2D eigenvalue weighted by Gasteiger charge is -2.56. The molecule has 0 aromatic carbocycles. The van der Waals surface area contributed by atoms with Crippen LogP contribution >= 0.6 is 0 Å². The summed E-state index contributed by atoms with van der Waals surface area (Å²) in [5.41, 5.74) is 0.289. The van der Waals surface area contributed by atoms with Crippen molar-refractivity contribution in [3.8, 4) is 0 Å². The van der Waals surface area contributed by atoms with Crippen LogP contribution in [0, 0.1) is 29.1 Å². The van der Waals surface area contributed by atoms with Gasteiger partial charge in [0.1, 0.15) is 0 Å². The van der Waals surface area contributed by atoms with Crippen molar-refractivity contribution < 1.29 is 24.2 Å². The standard InChI is InChI=1S/C43H79NO5/c1-3-5-14-20-37(21-15-6-4-2)23-29-49-41(46)22-16-10-9-12-18-25-44(26-27-45)24-17-11-7-8-13-19-28-48-42(47)36-43-33-38-30-39(34-43)32-40(31-38)35-43/h37-40,45H,3-36H2,1-2H3. The third-order valence-electron chi connectivity index (χ3n) is 12.3. The number of aliphatic hydroxyl groups is 1. The molecule has 0 amide bonds. The van der Waals surface area contributed by atoms with E-state index >= 15 is 0 Å². The Morgan fingerprint density at radius 1 is 0.612 bits per heavy atom. The molecule has 0 heterocycles. The molecule has 6 heteroatoms. The van der Waals surface area contributed by atoms with E-state index in [-0.39, 0.29) is 24.0 Å². The summed E-state index contributed by atoms with van der Waals surface area (Å²) in [7, 11) is 0. The lowest BCUT2D eigenvalue weighted by Crippen LogP contribution is -2.47. The monoisotopic (exact) mass is 690 g/mol. The number of unbranched alkanes of at least 4 members (excludes halogenated alkanes) is 13. The zero-order valence-electron chi connectivity index (χ0n) is 32.4. The fourth-order valence-corrected chi connectivity index (χ4v) is 10.0. The Labute approximate surface area is 302 Å². The average Bonchev–Trinajstić information content (AvgIpc) is 3.06. The van der Waals surface area contributed by atoms with E-state index in [9.17, 15) is 14.7 Å². The molecule has 286 valence electrons. The predicted octanol–water partition coefficient (Wildman–Crippen LogP) is 10.8. The van der Waals surface area contributed by atoms with Gasteiger partial charge in [-0.25, -0.2) is 0 Å². The summed E-state index contributed by atoms with van der Waals surface area (Å²) in [6, 6.07) is 0. The maximum Gasteiger partial charge on any atom is 0.306 e. The Morgan fingerprint density at radius 2 is 1.12 bits per heavy atom. The first kappa shape index (κ1) is 42.3. The molecule has 4 fully saturated rings. The highest BCUT2D eigenvalue weighted by Gasteiger charge is 2.51. The summed E-state index contributed by atoms with van der Waals surface area (Å²) in [6.07, 6.45) is 33.2. The molecule has 0 radical (unpaired) electrons. The van der Waals surface area contributed by atoms with Crippen molar-refractivity contribution in [2.75, 3.05) is 39.5 Å². The van der Waals surface area contributed by atoms with Crippen molar-refractivity contribution in [3.63, 3.8) is 0 Å². The van der Waals surface area contributed by atoms with Gasteiger partial charge in [0.15, 0.2) is 0 Å². The van der Waals surface area contributed by atoms with Gasteiger partial charge in [-0.2, -0.15) is 0 Å². The van der Waals surface area contributed by atoms with Crippen LogP contribution in [0.25, 0.3) is 0 Å². The van der Waals surface area contributed by atoms with E-state index < -0.39 is 0 Å². The van der Waals surface area contributed by atoms with Crippen LogP contribution in [-0.2, 0) is 19.1 Å². The van der Waals surface area contributed by atoms with Gasteiger partial charge >= 0.3 is 11.9 Å². The zero-order chi connectivity index (χ0) is 35.0. The molecule has 0 unspecified atom stereocenters. The van der Waals surface area contributed by atoms with Gasteiger partial charge in [-0.15, -0.1) is 0 Å².